The van der Waals surface area contributed by atoms with E-state index in [9.17, 15) is 0 Å². The fraction of sp³-hybridized carbons (Fsp3) is 0.933. The molecule has 0 aromatic carbocycles. The second-order valence-electron chi connectivity index (χ2n) is 6.83. The van der Waals surface area contributed by atoms with E-state index < -0.39 is 7.26 Å². The molecule has 0 heterocycles. The van der Waals surface area contributed by atoms with Crippen molar-refractivity contribution in [1.82, 2.24) is 0 Å². The van der Waals surface area contributed by atoms with Crippen LogP contribution in [0.5, 0.6) is 0 Å². The van der Waals surface area contributed by atoms with Gasteiger partial charge in [0.1, 0.15) is 5.66 Å². The van der Waals surface area contributed by atoms with Crippen LogP contribution in [0, 0.1) is 0 Å². The number of hydrogen-bond acceptors (Lipinski definition) is 1. The van der Waals surface area contributed by atoms with Crippen LogP contribution < -0.4 is 24.0 Å². The molecule has 1 atom stereocenters. The van der Waals surface area contributed by atoms with E-state index in [0.29, 0.717) is 5.66 Å². The molecule has 0 aliphatic heterocycles. The van der Waals surface area contributed by atoms with Gasteiger partial charge in [-0.05, 0) is 54.9 Å². The Labute approximate surface area is 133 Å². The van der Waals surface area contributed by atoms with Gasteiger partial charge in [-0.1, -0.05) is 6.92 Å². The Morgan fingerprint density at radius 3 is 1.67 bits per heavy atom. The number of nitrogens with zero attached hydrogens (tertiary/aromatic N) is 1. The second kappa shape index (κ2) is 8.19. The minimum absolute atomic E-state index is 0. The maximum absolute atomic E-state index is 4.76. The average molecular weight is 385 g/mol. The molecule has 0 aromatic heterocycles. The zero-order chi connectivity index (χ0) is 13.9. The van der Waals surface area contributed by atoms with Crippen LogP contribution in [0.1, 0.15) is 61.8 Å². The van der Waals surface area contributed by atoms with Gasteiger partial charge in [0, 0.05) is 13.5 Å². The molecule has 0 aromatic rings. The maximum atomic E-state index is 4.76. The largest absolute Gasteiger partial charge is 1.00 e. The van der Waals surface area contributed by atoms with Gasteiger partial charge < -0.3 is 24.0 Å². The SMILES string of the molecule is CCC(C=NC(C)(C)C)[P+](C)(C(C)C)C(C)C.[I-]. The van der Waals surface area contributed by atoms with E-state index in [-0.39, 0.29) is 29.5 Å². The van der Waals surface area contributed by atoms with Crippen molar-refractivity contribution in [1.29, 1.82) is 0 Å². The summed E-state index contributed by atoms with van der Waals surface area (Å²) in [6.45, 7) is 20.9. The molecule has 0 fully saturated rings. The summed E-state index contributed by atoms with van der Waals surface area (Å²) >= 11 is 0. The van der Waals surface area contributed by atoms with Gasteiger partial charge in [0.15, 0.2) is 0 Å². The molecule has 0 amide bonds. The predicted octanol–water partition coefficient (Wildman–Crippen LogP) is 2.10. The van der Waals surface area contributed by atoms with Crippen molar-refractivity contribution in [3.8, 4) is 0 Å². The topological polar surface area (TPSA) is 12.4 Å². The van der Waals surface area contributed by atoms with E-state index in [0.717, 1.165) is 11.3 Å². The van der Waals surface area contributed by atoms with Crippen LogP contribution in [-0.4, -0.2) is 35.4 Å². The summed E-state index contributed by atoms with van der Waals surface area (Å²) < 4.78 is 0. The minimum atomic E-state index is -0.959. The highest BCUT2D eigenvalue weighted by Gasteiger charge is 2.45. The molecule has 0 radical (unpaired) electrons. The van der Waals surface area contributed by atoms with Crippen LogP contribution in [-0.2, 0) is 0 Å². The molecule has 0 spiro atoms. The van der Waals surface area contributed by atoms with Crippen LogP contribution in [0.25, 0.3) is 0 Å². The third-order valence-corrected chi connectivity index (χ3v) is 10.4. The quantitative estimate of drug-likeness (QED) is 0.391. The maximum Gasteiger partial charge on any atom is 0.104 e. The molecule has 1 unspecified atom stereocenters. The van der Waals surface area contributed by atoms with E-state index in [1.807, 2.05) is 0 Å². The highest BCUT2D eigenvalue weighted by atomic mass is 127. The van der Waals surface area contributed by atoms with Crippen LogP contribution in [0.2, 0.25) is 0 Å². The van der Waals surface area contributed by atoms with Gasteiger partial charge in [-0.2, -0.15) is 0 Å². The third kappa shape index (κ3) is 5.86. The molecule has 3 heteroatoms. The van der Waals surface area contributed by atoms with Gasteiger partial charge in [-0.3, -0.25) is 4.99 Å². The van der Waals surface area contributed by atoms with Crippen LogP contribution in [0.4, 0.5) is 0 Å². The van der Waals surface area contributed by atoms with E-state index in [4.69, 9.17) is 4.99 Å². The monoisotopic (exact) mass is 385 g/mol. The molecular formula is C15H33INP. The van der Waals surface area contributed by atoms with Crippen molar-refractivity contribution in [3.63, 3.8) is 0 Å². The molecule has 0 N–H and O–H groups in total. The van der Waals surface area contributed by atoms with Gasteiger partial charge in [0.05, 0.1) is 23.5 Å². The molecule has 1 nitrogen and oxygen atoms in total. The highest BCUT2D eigenvalue weighted by Crippen LogP contribution is 2.67. The number of halogens is 1. The van der Waals surface area contributed by atoms with E-state index in [1.165, 1.54) is 6.42 Å². The molecule has 0 rings (SSSR count). The fourth-order valence-corrected chi connectivity index (χ4v) is 6.18. The van der Waals surface area contributed by atoms with E-state index in [2.05, 4.69) is 68.3 Å². The van der Waals surface area contributed by atoms with Crippen molar-refractivity contribution in [3.05, 3.63) is 0 Å². The first-order valence-corrected chi connectivity index (χ1v) is 9.41. The first kappa shape index (κ1) is 21.1. The summed E-state index contributed by atoms with van der Waals surface area (Å²) in [5.74, 6) is 0. The number of hydrogen-bond donors (Lipinski definition) is 0. The van der Waals surface area contributed by atoms with Gasteiger partial charge in [-0.15, -0.1) is 0 Å². The Kier molecular flexibility index (Phi) is 9.62. The van der Waals surface area contributed by atoms with Crippen molar-refractivity contribution in [2.45, 2.75) is 84.3 Å². The summed E-state index contributed by atoms with van der Waals surface area (Å²) in [5, 5.41) is 0. The molecule has 0 saturated carbocycles. The Balaban J connectivity index is 0. The predicted molar refractivity (Wildman–Crippen MR) is 85.4 cm³/mol. The Hall–Kier alpha value is 0.830. The molecule has 0 bridgehead atoms. The Bertz CT molecular complexity index is 246. The summed E-state index contributed by atoms with van der Waals surface area (Å²) in [6.07, 6.45) is 3.49. The zero-order valence-electron chi connectivity index (χ0n) is 13.8. The molecular weight excluding hydrogens is 352 g/mol. The average Bonchev–Trinajstić information content (AvgIpc) is 2.15. The molecule has 0 saturated heterocycles. The third-order valence-electron chi connectivity index (χ3n) is 3.99. The van der Waals surface area contributed by atoms with E-state index >= 15 is 0 Å². The summed E-state index contributed by atoms with van der Waals surface area (Å²) in [6, 6.07) is 0. The minimum Gasteiger partial charge on any atom is -1.00 e. The molecule has 18 heavy (non-hydrogen) atoms. The second-order valence-corrected chi connectivity index (χ2v) is 12.0. The molecule has 110 valence electrons. The highest BCUT2D eigenvalue weighted by molar-refractivity contribution is 7.77. The van der Waals surface area contributed by atoms with Gasteiger partial charge in [0.2, 0.25) is 0 Å². The summed E-state index contributed by atoms with van der Waals surface area (Å²) in [4.78, 5) is 4.76. The number of rotatable bonds is 5. The standard InChI is InChI=1S/C15H33NP.HI/c1-10-14(11-16-15(6,7)8)17(9,12(2)3)13(4)5;/h11-14H,10H2,1-9H3;1H/q+1;/p-1. The van der Waals surface area contributed by atoms with Gasteiger partial charge >= 0.3 is 0 Å². The lowest BCUT2D eigenvalue weighted by Crippen LogP contribution is -3.00. The van der Waals surface area contributed by atoms with Crippen molar-refractivity contribution >= 4 is 13.5 Å². The lowest BCUT2D eigenvalue weighted by Gasteiger charge is -2.36. The fourth-order valence-electron chi connectivity index (χ4n) is 2.31. The summed E-state index contributed by atoms with van der Waals surface area (Å²) in [7, 11) is -0.959. The first-order valence-electron chi connectivity index (χ1n) is 6.96. The Morgan fingerprint density at radius 1 is 1.06 bits per heavy atom. The first-order chi connectivity index (χ1) is 7.55. The number of aliphatic imine (C=N–C) groups is 1. The van der Waals surface area contributed by atoms with E-state index in [1.54, 1.807) is 0 Å². The van der Waals surface area contributed by atoms with Crippen molar-refractivity contribution in [2.75, 3.05) is 6.66 Å². The van der Waals surface area contributed by atoms with Crippen LogP contribution in [0.3, 0.4) is 0 Å². The normalized spacial score (nSPS) is 15.3. The van der Waals surface area contributed by atoms with Crippen LogP contribution in [0.15, 0.2) is 4.99 Å². The lowest BCUT2D eigenvalue weighted by atomic mass is 10.1. The van der Waals surface area contributed by atoms with Crippen molar-refractivity contribution < 1.29 is 24.0 Å². The molecule has 0 aliphatic rings. The van der Waals surface area contributed by atoms with Gasteiger partial charge in [0.25, 0.3) is 0 Å². The van der Waals surface area contributed by atoms with Crippen molar-refractivity contribution in [2.24, 2.45) is 4.99 Å². The molecule has 0 aliphatic carbocycles. The zero-order valence-corrected chi connectivity index (χ0v) is 16.8. The smallest absolute Gasteiger partial charge is 0.104 e. The lowest BCUT2D eigenvalue weighted by molar-refractivity contribution is -0.00000474. The Morgan fingerprint density at radius 2 is 1.44 bits per heavy atom. The van der Waals surface area contributed by atoms with Gasteiger partial charge in [-0.25, -0.2) is 0 Å². The van der Waals surface area contributed by atoms with Crippen LogP contribution >= 0.6 is 7.26 Å². The summed E-state index contributed by atoms with van der Waals surface area (Å²) in [5.41, 5.74) is 2.33.